The van der Waals surface area contributed by atoms with Gasteiger partial charge in [0, 0.05) is 17.0 Å². The number of ether oxygens (including phenoxy) is 3. The maximum absolute atomic E-state index is 12.2. The van der Waals surface area contributed by atoms with Crippen LogP contribution in [0.4, 0.5) is 0 Å². The van der Waals surface area contributed by atoms with Crippen molar-refractivity contribution in [3.05, 3.63) is 82.7 Å². The fourth-order valence-corrected chi connectivity index (χ4v) is 3.21. The molecule has 29 heavy (non-hydrogen) atoms. The van der Waals surface area contributed by atoms with E-state index in [1.165, 1.54) is 13.2 Å². The van der Waals surface area contributed by atoms with Crippen LogP contribution in [0.25, 0.3) is 21.7 Å². The molecule has 0 aliphatic carbocycles. The van der Waals surface area contributed by atoms with Crippen LogP contribution in [-0.2, 0) is 16.1 Å². The highest BCUT2D eigenvalue weighted by Crippen LogP contribution is 2.28. The first-order valence-electron chi connectivity index (χ1n) is 9.01. The van der Waals surface area contributed by atoms with Gasteiger partial charge in [-0.2, -0.15) is 0 Å². The third-order valence-corrected chi connectivity index (χ3v) is 4.52. The van der Waals surface area contributed by atoms with Crippen molar-refractivity contribution in [2.45, 2.75) is 6.61 Å². The number of fused-ring (bicyclic) bond motifs is 3. The first kappa shape index (κ1) is 18.6. The van der Waals surface area contributed by atoms with Crippen LogP contribution in [0.2, 0.25) is 0 Å². The Kier molecular flexibility index (Phi) is 5.16. The number of hydrogen-bond donors (Lipinski definition) is 0. The molecule has 6 nitrogen and oxygen atoms in total. The first-order valence-corrected chi connectivity index (χ1v) is 9.01. The maximum Gasteiger partial charge on any atom is 0.344 e. The number of rotatable bonds is 6. The minimum Gasteiger partial charge on any atom is -0.493 e. The Labute approximate surface area is 166 Å². The van der Waals surface area contributed by atoms with Gasteiger partial charge in [-0.25, -0.2) is 9.59 Å². The largest absolute Gasteiger partial charge is 0.493 e. The van der Waals surface area contributed by atoms with E-state index >= 15 is 0 Å². The van der Waals surface area contributed by atoms with Crippen LogP contribution in [0.5, 0.6) is 11.5 Å². The van der Waals surface area contributed by atoms with Gasteiger partial charge in [0.25, 0.3) is 0 Å². The molecular weight excluding hydrogens is 372 g/mol. The average Bonchev–Trinajstić information content (AvgIpc) is 2.75. The monoisotopic (exact) mass is 390 g/mol. The van der Waals surface area contributed by atoms with Gasteiger partial charge in [0.05, 0.1) is 7.11 Å². The Morgan fingerprint density at radius 2 is 1.72 bits per heavy atom. The van der Waals surface area contributed by atoms with Crippen molar-refractivity contribution in [3.8, 4) is 11.5 Å². The molecule has 6 heteroatoms. The van der Waals surface area contributed by atoms with Crippen LogP contribution < -0.4 is 15.1 Å². The van der Waals surface area contributed by atoms with Crippen LogP contribution >= 0.6 is 0 Å². The summed E-state index contributed by atoms with van der Waals surface area (Å²) in [5.74, 6) is 0.416. The zero-order valence-corrected chi connectivity index (χ0v) is 15.7. The van der Waals surface area contributed by atoms with Crippen molar-refractivity contribution in [2.24, 2.45) is 0 Å². The first-order chi connectivity index (χ1) is 14.2. The third-order valence-electron chi connectivity index (χ3n) is 4.52. The van der Waals surface area contributed by atoms with E-state index in [4.69, 9.17) is 18.6 Å². The highest BCUT2D eigenvalue weighted by Gasteiger charge is 2.13. The van der Waals surface area contributed by atoms with Gasteiger partial charge in [-0.3, -0.25) is 0 Å². The van der Waals surface area contributed by atoms with Gasteiger partial charge in [0.2, 0.25) is 0 Å². The minimum atomic E-state index is -0.558. The lowest BCUT2D eigenvalue weighted by molar-refractivity contribution is -0.147. The number of esters is 1. The average molecular weight is 390 g/mol. The summed E-state index contributed by atoms with van der Waals surface area (Å²) in [6, 6.07) is 19.8. The zero-order chi connectivity index (χ0) is 20.2. The van der Waals surface area contributed by atoms with Crippen molar-refractivity contribution < 1.29 is 23.4 Å². The number of hydrogen-bond acceptors (Lipinski definition) is 6. The fourth-order valence-electron chi connectivity index (χ4n) is 3.21. The lowest BCUT2D eigenvalue weighted by Gasteiger charge is -2.11. The quantitative estimate of drug-likeness (QED) is 0.281. The molecule has 0 amide bonds. The number of carbonyl (C=O) groups excluding carboxylic acids is 1. The van der Waals surface area contributed by atoms with Crippen LogP contribution in [0.3, 0.4) is 0 Å². The van der Waals surface area contributed by atoms with E-state index in [-0.39, 0.29) is 13.2 Å². The van der Waals surface area contributed by atoms with E-state index in [0.717, 1.165) is 16.2 Å². The molecule has 0 radical (unpaired) electrons. The van der Waals surface area contributed by atoms with Gasteiger partial charge in [0.15, 0.2) is 18.1 Å². The molecule has 0 aliphatic rings. The van der Waals surface area contributed by atoms with Crippen molar-refractivity contribution in [1.29, 1.82) is 0 Å². The number of benzene rings is 3. The van der Waals surface area contributed by atoms with Gasteiger partial charge < -0.3 is 18.6 Å². The van der Waals surface area contributed by atoms with Gasteiger partial charge in [0.1, 0.15) is 12.2 Å². The molecule has 1 aromatic heterocycles. The van der Waals surface area contributed by atoms with Crippen molar-refractivity contribution in [3.63, 3.8) is 0 Å². The summed E-state index contributed by atoms with van der Waals surface area (Å²) >= 11 is 0. The number of carbonyl (C=O) groups is 1. The van der Waals surface area contributed by atoms with E-state index < -0.39 is 11.6 Å². The second kappa shape index (κ2) is 8.06. The molecule has 0 saturated carbocycles. The Bertz CT molecular complexity index is 1240. The van der Waals surface area contributed by atoms with Gasteiger partial charge in [-0.1, -0.05) is 42.5 Å². The van der Waals surface area contributed by atoms with Gasteiger partial charge in [-0.05, 0) is 29.0 Å². The molecule has 0 bridgehead atoms. The molecule has 3 aromatic carbocycles. The van der Waals surface area contributed by atoms with E-state index in [2.05, 4.69) is 0 Å². The number of para-hydroxylation sites is 2. The topological polar surface area (TPSA) is 75.0 Å². The molecule has 4 aromatic rings. The van der Waals surface area contributed by atoms with Crippen LogP contribution in [0, 0.1) is 0 Å². The summed E-state index contributed by atoms with van der Waals surface area (Å²) in [4.78, 5) is 24.1. The molecule has 146 valence electrons. The highest BCUT2D eigenvalue weighted by atomic mass is 16.6. The molecular formula is C23H18O6. The molecule has 0 saturated heterocycles. The summed E-state index contributed by atoms with van der Waals surface area (Å²) < 4.78 is 21.3. The fraction of sp³-hybridized carbons (Fsp3) is 0.130. The Morgan fingerprint density at radius 1 is 0.966 bits per heavy atom. The normalized spacial score (nSPS) is 10.8. The molecule has 1 heterocycles. The highest BCUT2D eigenvalue weighted by molar-refractivity contribution is 6.07. The summed E-state index contributed by atoms with van der Waals surface area (Å²) in [6.45, 7) is -0.343. The Hall–Kier alpha value is -3.80. The van der Waals surface area contributed by atoms with Crippen molar-refractivity contribution in [2.75, 3.05) is 13.7 Å². The summed E-state index contributed by atoms with van der Waals surface area (Å²) in [5, 5.41) is 2.67. The van der Waals surface area contributed by atoms with Crippen LogP contribution in [-0.4, -0.2) is 19.7 Å². The van der Waals surface area contributed by atoms with Crippen LogP contribution in [0.15, 0.2) is 75.9 Å². The summed E-state index contributed by atoms with van der Waals surface area (Å²) in [5.41, 5.74) is 0.537. The minimum absolute atomic E-state index is 0.0653. The van der Waals surface area contributed by atoms with E-state index in [1.807, 2.05) is 30.3 Å². The lowest BCUT2D eigenvalue weighted by atomic mass is 10.0. The van der Waals surface area contributed by atoms with Crippen molar-refractivity contribution >= 4 is 27.7 Å². The molecule has 0 aliphatic heterocycles. The summed E-state index contributed by atoms with van der Waals surface area (Å²) in [7, 11) is 1.52. The standard InChI is InChI=1S/C23H18O6/c1-26-18-8-4-5-9-19(18)27-14-22(25)28-13-16-12-21(24)29-20-11-10-15-6-2-3-7-17(15)23(16)20/h2-12H,13-14H2,1H3. The predicted octanol–water partition coefficient (Wildman–Crippen LogP) is 4.08. The smallest absolute Gasteiger partial charge is 0.344 e. The molecule has 0 unspecified atom stereocenters. The molecule has 0 fully saturated rings. The van der Waals surface area contributed by atoms with E-state index in [0.29, 0.717) is 22.6 Å². The van der Waals surface area contributed by atoms with E-state index in [9.17, 15) is 9.59 Å². The molecule has 0 N–H and O–H groups in total. The number of methoxy groups -OCH3 is 1. The SMILES string of the molecule is COc1ccccc1OCC(=O)OCc1cc(=O)oc2ccc3ccccc3c12. The molecule has 0 atom stereocenters. The molecule has 0 spiro atoms. The second-order valence-corrected chi connectivity index (χ2v) is 6.35. The summed E-state index contributed by atoms with van der Waals surface area (Å²) in [6.07, 6.45) is 0. The predicted molar refractivity (Wildman–Crippen MR) is 108 cm³/mol. The van der Waals surface area contributed by atoms with Crippen molar-refractivity contribution in [1.82, 2.24) is 0 Å². The third kappa shape index (κ3) is 3.91. The second-order valence-electron chi connectivity index (χ2n) is 6.35. The lowest BCUT2D eigenvalue weighted by Crippen LogP contribution is -2.15. The van der Waals surface area contributed by atoms with E-state index in [1.54, 1.807) is 30.3 Å². The Morgan fingerprint density at radius 3 is 2.55 bits per heavy atom. The Balaban J connectivity index is 1.54. The van der Waals surface area contributed by atoms with Crippen LogP contribution in [0.1, 0.15) is 5.56 Å². The van der Waals surface area contributed by atoms with Gasteiger partial charge >= 0.3 is 11.6 Å². The molecule has 4 rings (SSSR count). The maximum atomic E-state index is 12.2. The zero-order valence-electron chi connectivity index (χ0n) is 15.7. The van der Waals surface area contributed by atoms with Gasteiger partial charge in [-0.15, -0.1) is 0 Å².